The Bertz CT molecular complexity index is 1250. The van der Waals surface area contributed by atoms with E-state index in [-0.39, 0.29) is 22.7 Å². The number of allylic oxidation sites excluding steroid dienone is 1. The Hall–Kier alpha value is -3.84. The molecule has 0 aromatic heterocycles. The monoisotopic (exact) mass is 484 g/mol. The molecule has 0 aliphatic carbocycles. The summed E-state index contributed by atoms with van der Waals surface area (Å²) in [6.07, 6.45) is -0.0711. The van der Waals surface area contributed by atoms with Crippen LogP contribution in [0.2, 0.25) is 0 Å². The molecule has 6 nitrogen and oxygen atoms in total. The van der Waals surface area contributed by atoms with E-state index in [9.17, 15) is 14.7 Å². The van der Waals surface area contributed by atoms with E-state index < -0.39 is 18.1 Å². The number of aliphatic imine (C=N–C) groups is 1. The van der Waals surface area contributed by atoms with Crippen LogP contribution in [0, 0.1) is 0 Å². The summed E-state index contributed by atoms with van der Waals surface area (Å²) in [4.78, 5) is 32.3. The molecule has 2 atom stereocenters. The fourth-order valence-electron chi connectivity index (χ4n) is 4.27. The number of carbonyl (C=O) groups is 2. The molecule has 0 radical (unpaired) electrons. The van der Waals surface area contributed by atoms with Crippen molar-refractivity contribution >= 4 is 28.7 Å². The maximum atomic E-state index is 13.4. The molecule has 1 saturated heterocycles. The van der Waals surface area contributed by atoms with Gasteiger partial charge in [0.1, 0.15) is 11.1 Å². The molecular formula is C28H24N2O4S. The molecule has 2 heterocycles. The lowest BCUT2D eigenvalue weighted by molar-refractivity contribution is -0.153. The Morgan fingerprint density at radius 1 is 0.971 bits per heavy atom. The summed E-state index contributed by atoms with van der Waals surface area (Å²) >= 11 is 1.44. The number of β-lactam (4-membered cyclic amide) rings is 1. The van der Waals surface area contributed by atoms with E-state index in [2.05, 4.69) is 4.99 Å². The van der Waals surface area contributed by atoms with Gasteiger partial charge in [0, 0.05) is 6.42 Å². The summed E-state index contributed by atoms with van der Waals surface area (Å²) in [5.41, 5.74) is 2.54. The SMILES string of the molecule is C/C(O)=C(/C(=O)OC(c1ccccc1)c1ccccc1)N1C(=O)[C@H]2N=C(Cc3ccccc3)S[C@H]21. The maximum absolute atomic E-state index is 13.4. The quantitative estimate of drug-likeness (QED) is 0.220. The summed E-state index contributed by atoms with van der Waals surface area (Å²) in [5.74, 6) is -1.34. The Morgan fingerprint density at radius 3 is 2.06 bits per heavy atom. The first-order chi connectivity index (χ1) is 17.0. The van der Waals surface area contributed by atoms with Gasteiger partial charge in [0.2, 0.25) is 0 Å². The molecule has 35 heavy (non-hydrogen) atoms. The van der Waals surface area contributed by atoms with Crippen molar-refractivity contribution in [1.29, 1.82) is 0 Å². The number of ether oxygens (including phenoxy) is 1. The highest BCUT2D eigenvalue weighted by atomic mass is 32.2. The normalized spacial score (nSPS) is 19.5. The molecule has 1 fully saturated rings. The second-order valence-corrected chi connectivity index (χ2v) is 9.58. The summed E-state index contributed by atoms with van der Waals surface area (Å²) in [6, 6.07) is 28.1. The van der Waals surface area contributed by atoms with Gasteiger partial charge in [-0.1, -0.05) is 103 Å². The molecular weight excluding hydrogens is 460 g/mol. The van der Waals surface area contributed by atoms with Gasteiger partial charge in [-0.05, 0) is 23.6 Å². The molecule has 1 amide bonds. The first-order valence-electron chi connectivity index (χ1n) is 11.3. The zero-order valence-corrected chi connectivity index (χ0v) is 19.9. The van der Waals surface area contributed by atoms with Crippen LogP contribution in [-0.2, 0) is 20.7 Å². The van der Waals surface area contributed by atoms with Crippen molar-refractivity contribution in [2.45, 2.75) is 30.9 Å². The average molecular weight is 485 g/mol. The van der Waals surface area contributed by atoms with E-state index in [4.69, 9.17) is 4.74 Å². The highest BCUT2D eigenvalue weighted by Gasteiger charge is 2.55. The average Bonchev–Trinajstić information content (AvgIpc) is 3.25. The molecule has 176 valence electrons. The van der Waals surface area contributed by atoms with E-state index in [1.54, 1.807) is 0 Å². The predicted octanol–water partition coefficient (Wildman–Crippen LogP) is 5.03. The van der Waals surface area contributed by atoms with Crippen molar-refractivity contribution in [3.63, 3.8) is 0 Å². The van der Waals surface area contributed by atoms with Crippen molar-refractivity contribution in [1.82, 2.24) is 4.90 Å². The third kappa shape index (κ3) is 4.59. The number of esters is 1. The number of carbonyl (C=O) groups excluding carboxylic acids is 2. The number of aliphatic hydroxyl groups excluding tert-OH is 1. The Balaban J connectivity index is 1.36. The first kappa shape index (κ1) is 22.9. The maximum Gasteiger partial charge on any atom is 0.359 e. The van der Waals surface area contributed by atoms with Gasteiger partial charge in [-0.15, -0.1) is 0 Å². The van der Waals surface area contributed by atoms with Crippen LogP contribution < -0.4 is 0 Å². The van der Waals surface area contributed by atoms with Crippen LogP contribution >= 0.6 is 11.8 Å². The zero-order chi connectivity index (χ0) is 24.4. The minimum Gasteiger partial charge on any atom is -0.510 e. The molecule has 5 rings (SSSR count). The number of benzene rings is 3. The van der Waals surface area contributed by atoms with E-state index >= 15 is 0 Å². The van der Waals surface area contributed by atoms with Gasteiger partial charge < -0.3 is 9.84 Å². The van der Waals surface area contributed by atoms with Crippen LogP contribution in [0.4, 0.5) is 0 Å². The molecule has 0 bridgehead atoms. The molecule has 3 aromatic rings. The van der Waals surface area contributed by atoms with Gasteiger partial charge in [-0.3, -0.25) is 14.7 Å². The van der Waals surface area contributed by atoms with Crippen LogP contribution in [0.25, 0.3) is 0 Å². The molecule has 0 spiro atoms. The summed E-state index contributed by atoms with van der Waals surface area (Å²) in [7, 11) is 0. The number of likely N-dealkylation sites (tertiary alicyclic amines) is 1. The second kappa shape index (κ2) is 9.80. The summed E-state index contributed by atoms with van der Waals surface area (Å²) < 4.78 is 5.92. The van der Waals surface area contributed by atoms with E-state index in [0.717, 1.165) is 21.7 Å². The largest absolute Gasteiger partial charge is 0.510 e. The van der Waals surface area contributed by atoms with Crippen LogP contribution in [0.1, 0.15) is 29.7 Å². The molecule has 7 heteroatoms. The lowest BCUT2D eigenvalue weighted by Crippen LogP contribution is -2.61. The third-order valence-electron chi connectivity index (χ3n) is 5.96. The number of rotatable bonds is 7. The van der Waals surface area contributed by atoms with Crippen molar-refractivity contribution in [2.75, 3.05) is 0 Å². The Kier molecular flexibility index (Phi) is 6.42. The van der Waals surface area contributed by atoms with Crippen LogP contribution in [-0.4, -0.2) is 38.3 Å². The fourth-order valence-corrected chi connectivity index (χ4v) is 5.60. The molecule has 3 aromatic carbocycles. The van der Waals surface area contributed by atoms with Gasteiger partial charge in [-0.25, -0.2) is 4.79 Å². The highest BCUT2D eigenvalue weighted by Crippen LogP contribution is 2.43. The van der Waals surface area contributed by atoms with Crippen LogP contribution in [0.15, 0.2) is 107 Å². The van der Waals surface area contributed by atoms with Crippen molar-refractivity contribution in [2.24, 2.45) is 4.99 Å². The molecule has 1 N–H and O–H groups in total. The van der Waals surface area contributed by atoms with E-state index in [1.165, 1.54) is 23.6 Å². The van der Waals surface area contributed by atoms with Crippen LogP contribution in [0.5, 0.6) is 0 Å². The lowest BCUT2D eigenvalue weighted by atomic mass is 10.0. The van der Waals surface area contributed by atoms with Gasteiger partial charge in [0.15, 0.2) is 17.8 Å². The number of amides is 1. The van der Waals surface area contributed by atoms with E-state index in [0.29, 0.717) is 6.42 Å². The summed E-state index contributed by atoms with van der Waals surface area (Å²) in [6.45, 7) is 1.39. The predicted molar refractivity (Wildman–Crippen MR) is 136 cm³/mol. The topological polar surface area (TPSA) is 79.2 Å². The number of nitrogens with zero attached hydrogens (tertiary/aromatic N) is 2. The smallest absolute Gasteiger partial charge is 0.359 e. The van der Waals surface area contributed by atoms with Gasteiger partial charge in [0.25, 0.3) is 5.91 Å². The first-order valence-corrected chi connectivity index (χ1v) is 12.2. The molecule has 2 aliphatic rings. The number of hydrogen-bond acceptors (Lipinski definition) is 6. The van der Waals surface area contributed by atoms with Gasteiger partial charge in [-0.2, -0.15) is 0 Å². The van der Waals surface area contributed by atoms with Gasteiger partial charge >= 0.3 is 5.97 Å². The van der Waals surface area contributed by atoms with Crippen molar-refractivity contribution in [3.8, 4) is 0 Å². The molecule has 0 saturated carbocycles. The zero-order valence-electron chi connectivity index (χ0n) is 19.1. The van der Waals surface area contributed by atoms with Crippen LogP contribution in [0.3, 0.4) is 0 Å². The Morgan fingerprint density at radius 2 is 1.51 bits per heavy atom. The second-order valence-electron chi connectivity index (χ2n) is 8.39. The minimum atomic E-state index is -0.758. The van der Waals surface area contributed by atoms with E-state index in [1.807, 2.05) is 91.0 Å². The Labute approximate surface area is 208 Å². The fraction of sp³-hybridized carbons (Fsp3) is 0.179. The number of hydrogen-bond donors (Lipinski definition) is 1. The number of thioether (sulfide) groups is 1. The minimum absolute atomic E-state index is 0.142. The standard InChI is InChI=1S/C28H24N2O4S/c1-18(31)24(28(33)34-25(20-13-7-3-8-14-20)21-15-9-4-10-16-21)30-26(32)23-27(30)35-22(29-23)17-19-11-5-2-6-12-19/h2-16,23,25,27,31H,17H2,1H3/b24-18+/t23-,27-/m1/s1. The van der Waals surface area contributed by atoms with Gasteiger partial charge in [0.05, 0.1) is 5.04 Å². The van der Waals surface area contributed by atoms with Crippen molar-refractivity contribution < 1.29 is 19.4 Å². The molecule has 0 unspecified atom stereocenters. The lowest BCUT2D eigenvalue weighted by Gasteiger charge is -2.41. The van der Waals surface area contributed by atoms with Crippen molar-refractivity contribution in [3.05, 3.63) is 119 Å². The molecule has 2 aliphatic heterocycles. The summed E-state index contributed by atoms with van der Waals surface area (Å²) in [5, 5.41) is 10.9. The number of aliphatic hydroxyl groups is 1. The third-order valence-corrected chi connectivity index (χ3v) is 7.19. The number of fused-ring (bicyclic) bond motifs is 1. The highest BCUT2D eigenvalue weighted by molar-refractivity contribution is 8.14.